The van der Waals surface area contributed by atoms with Crippen LogP contribution in [0.15, 0.2) is 47.5 Å². The van der Waals surface area contributed by atoms with Crippen molar-refractivity contribution in [3.63, 3.8) is 0 Å². The van der Waals surface area contributed by atoms with Crippen LogP contribution in [0.5, 0.6) is 17.2 Å². The van der Waals surface area contributed by atoms with E-state index in [1.165, 1.54) is 13.2 Å². The Morgan fingerprint density at radius 3 is 2.47 bits per heavy atom. The van der Waals surface area contributed by atoms with E-state index in [9.17, 15) is 8.78 Å². The number of nitrogens with one attached hydrogen (secondary N) is 2. The first-order chi connectivity index (χ1) is 14.1. The molecule has 0 aliphatic heterocycles. The van der Waals surface area contributed by atoms with Gasteiger partial charge in [0.1, 0.15) is 5.75 Å². The van der Waals surface area contributed by atoms with E-state index in [4.69, 9.17) is 9.47 Å². The Morgan fingerprint density at radius 1 is 1.03 bits per heavy atom. The highest BCUT2D eigenvalue weighted by molar-refractivity contribution is 14.0. The lowest BCUT2D eigenvalue weighted by Gasteiger charge is -2.14. The molecule has 2 aromatic rings. The number of alkyl halides is 2. The van der Waals surface area contributed by atoms with Crippen molar-refractivity contribution in [2.45, 2.75) is 33.5 Å². The molecule has 0 aliphatic carbocycles. The van der Waals surface area contributed by atoms with Crippen LogP contribution in [-0.2, 0) is 13.1 Å². The maximum Gasteiger partial charge on any atom is 0.387 e. The highest BCUT2D eigenvalue weighted by atomic mass is 127. The minimum Gasteiger partial charge on any atom is -0.494 e. The third-order valence-corrected chi connectivity index (χ3v) is 3.93. The fraction of sp³-hybridized carbons (Fsp3) is 0.381. The number of benzene rings is 2. The van der Waals surface area contributed by atoms with E-state index < -0.39 is 6.61 Å². The van der Waals surface area contributed by atoms with E-state index in [-0.39, 0.29) is 42.0 Å². The molecule has 0 aromatic heterocycles. The van der Waals surface area contributed by atoms with Crippen LogP contribution in [0.3, 0.4) is 0 Å². The van der Waals surface area contributed by atoms with Crippen LogP contribution < -0.4 is 24.8 Å². The second kappa shape index (κ2) is 13.8. The normalized spacial score (nSPS) is 10.9. The van der Waals surface area contributed by atoms with Gasteiger partial charge in [-0.05, 0) is 37.6 Å². The number of hydrogen-bond donors (Lipinski definition) is 2. The molecule has 0 saturated heterocycles. The second-order valence-corrected chi connectivity index (χ2v) is 5.95. The minimum atomic E-state index is -2.92. The van der Waals surface area contributed by atoms with E-state index in [1.54, 1.807) is 12.1 Å². The fourth-order valence-corrected chi connectivity index (χ4v) is 2.64. The van der Waals surface area contributed by atoms with Gasteiger partial charge < -0.3 is 24.8 Å². The van der Waals surface area contributed by atoms with Crippen molar-refractivity contribution in [3.05, 3.63) is 53.6 Å². The molecule has 0 spiro atoms. The maximum atomic E-state index is 12.6. The molecule has 0 bridgehead atoms. The van der Waals surface area contributed by atoms with Gasteiger partial charge in [-0.3, -0.25) is 0 Å². The van der Waals surface area contributed by atoms with Crippen LogP contribution in [0.4, 0.5) is 8.78 Å². The predicted octanol–water partition coefficient (Wildman–Crippen LogP) is 4.57. The third-order valence-electron chi connectivity index (χ3n) is 3.93. The molecule has 0 amide bonds. The van der Waals surface area contributed by atoms with Gasteiger partial charge in [0.05, 0.1) is 20.3 Å². The molecule has 166 valence electrons. The number of guanidine groups is 1. The monoisotopic (exact) mass is 535 g/mol. The fourth-order valence-electron chi connectivity index (χ4n) is 2.64. The average Bonchev–Trinajstić information content (AvgIpc) is 2.71. The topological polar surface area (TPSA) is 64.1 Å². The van der Waals surface area contributed by atoms with E-state index in [0.717, 1.165) is 11.3 Å². The van der Waals surface area contributed by atoms with Crippen LogP contribution in [0.1, 0.15) is 25.0 Å². The van der Waals surface area contributed by atoms with Gasteiger partial charge in [-0.2, -0.15) is 8.78 Å². The molecule has 0 radical (unpaired) electrons. The molecular formula is C21H28F2IN3O3. The molecule has 0 fully saturated rings. The van der Waals surface area contributed by atoms with Gasteiger partial charge in [0.2, 0.25) is 0 Å². The van der Waals surface area contributed by atoms with Crippen molar-refractivity contribution >= 4 is 29.9 Å². The summed E-state index contributed by atoms with van der Waals surface area (Å²) in [6, 6.07) is 12.6. The van der Waals surface area contributed by atoms with Crippen LogP contribution in [0.2, 0.25) is 0 Å². The molecule has 9 heteroatoms. The Balaban J connectivity index is 0.00000450. The van der Waals surface area contributed by atoms with Gasteiger partial charge in [-0.15, -0.1) is 24.0 Å². The quantitative estimate of drug-likeness (QED) is 0.265. The van der Waals surface area contributed by atoms with Gasteiger partial charge in [0.25, 0.3) is 0 Å². The number of para-hydroxylation sites is 1. The molecule has 0 atom stereocenters. The lowest BCUT2D eigenvalue weighted by molar-refractivity contribution is -0.0512. The van der Waals surface area contributed by atoms with E-state index in [1.807, 2.05) is 38.1 Å². The molecule has 2 rings (SSSR count). The van der Waals surface area contributed by atoms with Crippen LogP contribution >= 0.6 is 24.0 Å². The summed E-state index contributed by atoms with van der Waals surface area (Å²) in [4.78, 5) is 4.52. The molecule has 0 unspecified atom stereocenters. The SMILES string of the molecule is CCNC(=NCc1ccc(OC)c(OC(F)F)c1)NCc1ccccc1OCC.I. The Labute approximate surface area is 193 Å². The summed E-state index contributed by atoms with van der Waals surface area (Å²) in [5.41, 5.74) is 1.73. The number of aliphatic imine (C=N–C) groups is 1. The molecule has 0 aliphatic rings. The number of rotatable bonds is 10. The Kier molecular flexibility index (Phi) is 11.9. The van der Waals surface area contributed by atoms with Gasteiger partial charge in [0.15, 0.2) is 17.5 Å². The summed E-state index contributed by atoms with van der Waals surface area (Å²) >= 11 is 0. The first-order valence-corrected chi connectivity index (χ1v) is 9.42. The number of halogens is 3. The van der Waals surface area contributed by atoms with Crippen molar-refractivity contribution in [1.29, 1.82) is 0 Å². The molecular weight excluding hydrogens is 507 g/mol. The van der Waals surface area contributed by atoms with Crippen molar-refractivity contribution in [2.75, 3.05) is 20.3 Å². The lowest BCUT2D eigenvalue weighted by atomic mass is 10.2. The summed E-state index contributed by atoms with van der Waals surface area (Å²) in [6.07, 6.45) is 0. The summed E-state index contributed by atoms with van der Waals surface area (Å²) < 4.78 is 40.4. The zero-order chi connectivity index (χ0) is 21.1. The zero-order valence-corrected chi connectivity index (χ0v) is 19.6. The molecule has 0 heterocycles. The molecule has 30 heavy (non-hydrogen) atoms. The summed E-state index contributed by atoms with van der Waals surface area (Å²) in [5.74, 6) is 1.66. The number of ether oxygens (including phenoxy) is 3. The Bertz CT molecular complexity index is 807. The third kappa shape index (κ3) is 8.21. The van der Waals surface area contributed by atoms with Crippen LogP contribution in [0.25, 0.3) is 0 Å². The zero-order valence-electron chi connectivity index (χ0n) is 17.3. The predicted molar refractivity (Wildman–Crippen MR) is 124 cm³/mol. The Morgan fingerprint density at radius 2 is 1.80 bits per heavy atom. The minimum absolute atomic E-state index is 0. The highest BCUT2D eigenvalue weighted by Crippen LogP contribution is 2.29. The standard InChI is InChI=1S/C21H27F2N3O3.HI/c1-4-24-21(26-14-16-8-6-7-9-17(16)28-5-2)25-13-15-10-11-18(27-3)19(12-15)29-20(22)23;/h6-12,20H,4-5,13-14H2,1-3H3,(H2,24,25,26);1H. The lowest BCUT2D eigenvalue weighted by Crippen LogP contribution is -2.36. The summed E-state index contributed by atoms with van der Waals surface area (Å²) in [7, 11) is 1.40. The second-order valence-electron chi connectivity index (χ2n) is 5.95. The first-order valence-electron chi connectivity index (χ1n) is 9.42. The number of methoxy groups -OCH3 is 1. The van der Waals surface area contributed by atoms with Gasteiger partial charge in [0, 0.05) is 18.7 Å². The Hall–Kier alpha value is -2.30. The van der Waals surface area contributed by atoms with Crippen LogP contribution in [0, 0.1) is 0 Å². The van der Waals surface area contributed by atoms with Crippen LogP contribution in [-0.4, -0.2) is 32.8 Å². The molecule has 0 saturated carbocycles. The van der Waals surface area contributed by atoms with Crippen molar-refractivity contribution in [3.8, 4) is 17.2 Å². The van der Waals surface area contributed by atoms with Gasteiger partial charge in [-0.1, -0.05) is 24.3 Å². The summed E-state index contributed by atoms with van der Waals surface area (Å²) in [5, 5.41) is 6.42. The largest absolute Gasteiger partial charge is 0.494 e. The highest BCUT2D eigenvalue weighted by Gasteiger charge is 2.11. The molecule has 2 aromatic carbocycles. The van der Waals surface area contributed by atoms with E-state index in [0.29, 0.717) is 31.2 Å². The van der Waals surface area contributed by atoms with Gasteiger partial charge in [-0.25, -0.2) is 4.99 Å². The average molecular weight is 535 g/mol. The summed E-state index contributed by atoms with van der Waals surface area (Å²) in [6.45, 7) is 3.07. The number of nitrogens with zero attached hydrogens (tertiary/aromatic N) is 1. The molecule has 2 N–H and O–H groups in total. The smallest absolute Gasteiger partial charge is 0.387 e. The molecule has 6 nitrogen and oxygen atoms in total. The first kappa shape index (κ1) is 25.7. The van der Waals surface area contributed by atoms with E-state index >= 15 is 0 Å². The van der Waals surface area contributed by atoms with Crippen molar-refractivity contribution < 1.29 is 23.0 Å². The number of hydrogen-bond acceptors (Lipinski definition) is 4. The van der Waals surface area contributed by atoms with Crippen molar-refractivity contribution in [1.82, 2.24) is 10.6 Å². The van der Waals surface area contributed by atoms with E-state index in [2.05, 4.69) is 20.4 Å². The maximum absolute atomic E-state index is 12.6. The van der Waals surface area contributed by atoms with Crippen molar-refractivity contribution in [2.24, 2.45) is 4.99 Å². The van der Waals surface area contributed by atoms with Gasteiger partial charge >= 0.3 is 6.61 Å².